The summed E-state index contributed by atoms with van der Waals surface area (Å²) in [5.74, 6) is 0.884. The van der Waals surface area contributed by atoms with Crippen molar-refractivity contribution in [2.75, 3.05) is 24.4 Å². The first-order valence-corrected chi connectivity index (χ1v) is 6.61. The van der Waals surface area contributed by atoms with Gasteiger partial charge in [0.25, 0.3) is 0 Å². The minimum atomic E-state index is -0.724. The van der Waals surface area contributed by atoms with Crippen LogP contribution in [0.4, 0.5) is 21.7 Å². The Kier molecular flexibility index (Phi) is 4.46. The fourth-order valence-corrected chi connectivity index (χ4v) is 1.79. The maximum Gasteiger partial charge on any atom is 0.158 e. The Bertz CT molecular complexity index is 691. The van der Waals surface area contributed by atoms with Gasteiger partial charge in [-0.2, -0.15) is 10.4 Å². The van der Waals surface area contributed by atoms with Gasteiger partial charge in [-0.3, -0.25) is 4.39 Å². The molecule has 0 aliphatic rings. The van der Waals surface area contributed by atoms with E-state index in [1.807, 2.05) is 6.07 Å². The summed E-state index contributed by atoms with van der Waals surface area (Å²) in [6.45, 7) is 2.98. The maximum atomic E-state index is 13.1. The van der Waals surface area contributed by atoms with Gasteiger partial charge >= 0.3 is 0 Å². The van der Waals surface area contributed by atoms with Crippen LogP contribution in [0.3, 0.4) is 0 Å². The fourth-order valence-electron chi connectivity index (χ4n) is 1.79. The minimum absolute atomic E-state index is 0.229. The molecule has 0 amide bonds. The standard InChI is InChI=1S/C14H16FN7/c1-14(2,8-15)13-10(17-3)4-11(21-22-13)20-12-7-18-9(5-16)6-19-12/h4,6-7H,8H2,1-3H3,(H2,17,19,20,21). The Hall–Kier alpha value is -2.82. The molecule has 2 heterocycles. The average Bonchev–Trinajstić information content (AvgIpc) is 2.55. The summed E-state index contributed by atoms with van der Waals surface area (Å²) < 4.78 is 13.1. The van der Waals surface area contributed by atoms with E-state index in [2.05, 4.69) is 30.8 Å². The van der Waals surface area contributed by atoms with E-state index in [1.54, 1.807) is 27.0 Å². The lowest BCUT2D eigenvalue weighted by atomic mass is 9.89. The first-order valence-electron chi connectivity index (χ1n) is 6.61. The molecule has 2 rings (SSSR count). The molecule has 0 aliphatic heterocycles. The third-order valence-corrected chi connectivity index (χ3v) is 3.06. The molecule has 0 atom stereocenters. The number of nitriles is 1. The lowest BCUT2D eigenvalue weighted by molar-refractivity contribution is 0.343. The van der Waals surface area contributed by atoms with Crippen molar-refractivity contribution < 1.29 is 4.39 Å². The summed E-state index contributed by atoms with van der Waals surface area (Å²) in [5, 5.41) is 22.8. The van der Waals surface area contributed by atoms with Gasteiger partial charge in [-0.05, 0) is 0 Å². The van der Waals surface area contributed by atoms with Crippen LogP contribution in [-0.2, 0) is 5.41 Å². The molecule has 2 N–H and O–H groups in total. The Morgan fingerprint density at radius 1 is 1.23 bits per heavy atom. The van der Waals surface area contributed by atoms with Gasteiger partial charge < -0.3 is 10.6 Å². The van der Waals surface area contributed by atoms with Crippen LogP contribution in [0.2, 0.25) is 0 Å². The van der Waals surface area contributed by atoms with Crippen LogP contribution >= 0.6 is 0 Å². The molecule has 22 heavy (non-hydrogen) atoms. The predicted molar refractivity (Wildman–Crippen MR) is 80.6 cm³/mol. The van der Waals surface area contributed by atoms with Crippen LogP contribution in [0.15, 0.2) is 18.5 Å². The Labute approximate surface area is 127 Å². The van der Waals surface area contributed by atoms with E-state index in [4.69, 9.17) is 5.26 Å². The zero-order chi connectivity index (χ0) is 16.2. The molecule has 0 aromatic carbocycles. The van der Waals surface area contributed by atoms with E-state index in [9.17, 15) is 4.39 Å². The highest BCUT2D eigenvalue weighted by molar-refractivity contribution is 5.60. The van der Waals surface area contributed by atoms with Crippen LogP contribution in [0.1, 0.15) is 25.2 Å². The van der Waals surface area contributed by atoms with Crippen LogP contribution in [-0.4, -0.2) is 33.9 Å². The lowest BCUT2D eigenvalue weighted by Gasteiger charge is -2.22. The summed E-state index contributed by atoms with van der Waals surface area (Å²) in [7, 11) is 1.74. The molecule has 0 saturated carbocycles. The van der Waals surface area contributed by atoms with Crippen LogP contribution in [0.5, 0.6) is 0 Å². The zero-order valence-electron chi connectivity index (χ0n) is 12.6. The number of nitrogens with one attached hydrogen (secondary N) is 2. The molecule has 0 fully saturated rings. The number of rotatable bonds is 5. The molecule has 2 aromatic heterocycles. The third kappa shape index (κ3) is 3.25. The van der Waals surface area contributed by atoms with Crippen molar-refractivity contribution in [3.63, 3.8) is 0 Å². The molecule has 0 unspecified atom stereocenters. The second kappa shape index (κ2) is 6.30. The molecular weight excluding hydrogens is 285 g/mol. The first kappa shape index (κ1) is 15.6. The number of hydrogen-bond donors (Lipinski definition) is 2. The molecule has 0 aliphatic carbocycles. The largest absolute Gasteiger partial charge is 0.386 e. The molecule has 0 bridgehead atoms. The van der Waals surface area contributed by atoms with Crippen LogP contribution < -0.4 is 10.6 Å². The third-order valence-electron chi connectivity index (χ3n) is 3.06. The Balaban J connectivity index is 2.27. The van der Waals surface area contributed by atoms with Crippen molar-refractivity contribution in [2.24, 2.45) is 0 Å². The van der Waals surface area contributed by atoms with E-state index < -0.39 is 12.1 Å². The molecule has 0 radical (unpaired) electrons. The molecule has 114 valence electrons. The first-order chi connectivity index (χ1) is 10.5. The number of anilines is 3. The van der Waals surface area contributed by atoms with Crippen molar-refractivity contribution in [1.29, 1.82) is 5.26 Å². The van der Waals surface area contributed by atoms with Crippen molar-refractivity contribution in [1.82, 2.24) is 20.2 Å². The van der Waals surface area contributed by atoms with Crippen molar-refractivity contribution in [3.8, 4) is 6.07 Å². The van der Waals surface area contributed by atoms with Crippen LogP contribution in [0.25, 0.3) is 0 Å². The Morgan fingerprint density at radius 3 is 2.55 bits per heavy atom. The van der Waals surface area contributed by atoms with Crippen LogP contribution in [0, 0.1) is 11.3 Å². The zero-order valence-corrected chi connectivity index (χ0v) is 12.6. The molecule has 2 aromatic rings. The number of alkyl halides is 1. The van der Waals surface area contributed by atoms with Crippen molar-refractivity contribution >= 4 is 17.3 Å². The quantitative estimate of drug-likeness (QED) is 0.873. The highest BCUT2D eigenvalue weighted by Gasteiger charge is 2.26. The smallest absolute Gasteiger partial charge is 0.158 e. The highest BCUT2D eigenvalue weighted by Crippen LogP contribution is 2.29. The van der Waals surface area contributed by atoms with Gasteiger partial charge in [-0.15, -0.1) is 5.10 Å². The summed E-state index contributed by atoms with van der Waals surface area (Å²) in [6.07, 6.45) is 2.79. The highest BCUT2D eigenvalue weighted by atomic mass is 19.1. The second-order valence-corrected chi connectivity index (χ2v) is 5.28. The van der Waals surface area contributed by atoms with Gasteiger partial charge in [0, 0.05) is 18.5 Å². The number of halogens is 1. The van der Waals surface area contributed by atoms with Gasteiger partial charge in [0.2, 0.25) is 0 Å². The SMILES string of the molecule is CNc1cc(Nc2cnc(C#N)cn2)nnc1C(C)(C)CF. The molecule has 8 heteroatoms. The van der Waals surface area contributed by atoms with E-state index in [0.717, 1.165) is 0 Å². The number of aromatic nitrogens is 4. The van der Waals surface area contributed by atoms with E-state index in [1.165, 1.54) is 12.4 Å². The van der Waals surface area contributed by atoms with Gasteiger partial charge in [-0.25, -0.2) is 9.97 Å². The summed E-state index contributed by atoms with van der Waals surface area (Å²) in [4.78, 5) is 7.95. The molecule has 0 saturated heterocycles. The molecule has 0 spiro atoms. The van der Waals surface area contributed by atoms with Crippen molar-refractivity contribution in [2.45, 2.75) is 19.3 Å². The average molecular weight is 301 g/mol. The van der Waals surface area contributed by atoms with E-state index in [0.29, 0.717) is 23.0 Å². The predicted octanol–water partition coefficient (Wildman–Crippen LogP) is 2.17. The van der Waals surface area contributed by atoms with Gasteiger partial charge in [-0.1, -0.05) is 13.8 Å². The number of nitrogens with zero attached hydrogens (tertiary/aromatic N) is 5. The van der Waals surface area contributed by atoms with E-state index in [-0.39, 0.29) is 5.69 Å². The second-order valence-electron chi connectivity index (χ2n) is 5.28. The monoisotopic (exact) mass is 301 g/mol. The number of hydrogen-bond acceptors (Lipinski definition) is 7. The Morgan fingerprint density at radius 2 is 2.00 bits per heavy atom. The lowest BCUT2D eigenvalue weighted by Crippen LogP contribution is -2.24. The van der Waals surface area contributed by atoms with Gasteiger partial charge in [0.05, 0.1) is 23.8 Å². The fraction of sp³-hybridized carbons (Fsp3) is 0.357. The topological polar surface area (TPSA) is 99.4 Å². The van der Waals surface area contributed by atoms with Crippen molar-refractivity contribution in [3.05, 3.63) is 29.8 Å². The molecule has 7 nitrogen and oxygen atoms in total. The van der Waals surface area contributed by atoms with Gasteiger partial charge in [0.15, 0.2) is 11.5 Å². The maximum absolute atomic E-state index is 13.1. The summed E-state index contributed by atoms with van der Waals surface area (Å²) >= 11 is 0. The minimum Gasteiger partial charge on any atom is -0.386 e. The molecular formula is C14H16FN7. The van der Waals surface area contributed by atoms with E-state index >= 15 is 0 Å². The summed E-state index contributed by atoms with van der Waals surface area (Å²) in [6, 6.07) is 3.61. The summed E-state index contributed by atoms with van der Waals surface area (Å²) in [5.41, 5.74) is 0.737. The van der Waals surface area contributed by atoms with Gasteiger partial charge in [0.1, 0.15) is 18.6 Å². The normalized spacial score (nSPS) is 10.9.